The summed E-state index contributed by atoms with van der Waals surface area (Å²) in [5, 5.41) is 7.24. The number of anilines is 1. The maximum absolute atomic E-state index is 12.5. The molecule has 3 aromatic rings. The molecule has 0 saturated carbocycles. The molecule has 0 spiro atoms. The van der Waals surface area contributed by atoms with E-state index in [0.717, 1.165) is 17.7 Å². The number of carbonyl (C=O) groups excluding carboxylic acids is 1. The molecule has 2 heterocycles. The first-order valence-electron chi connectivity index (χ1n) is 9.58. The summed E-state index contributed by atoms with van der Waals surface area (Å²) in [5.41, 5.74) is 2.20. The van der Waals surface area contributed by atoms with Crippen molar-refractivity contribution in [2.75, 3.05) is 12.4 Å². The number of rotatable bonds is 8. The summed E-state index contributed by atoms with van der Waals surface area (Å²) < 4.78 is 6.60. The summed E-state index contributed by atoms with van der Waals surface area (Å²) in [5.74, 6) is 1.40. The molecule has 0 aliphatic rings. The van der Waals surface area contributed by atoms with E-state index in [-0.39, 0.29) is 11.5 Å². The van der Waals surface area contributed by atoms with Gasteiger partial charge >= 0.3 is 0 Å². The van der Waals surface area contributed by atoms with Gasteiger partial charge in [0.15, 0.2) is 0 Å². The normalized spacial score (nSPS) is 10.7. The lowest BCUT2D eigenvalue weighted by atomic mass is 10.1. The molecule has 0 radical (unpaired) electrons. The van der Waals surface area contributed by atoms with Gasteiger partial charge in [-0.05, 0) is 37.5 Å². The predicted molar refractivity (Wildman–Crippen MR) is 111 cm³/mol. The summed E-state index contributed by atoms with van der Waals surface area (Å²) in [7, 11) is 1.62. The van der Waals surface area contributed by atoms with Crippen molar-refractivity contribution in [2.24, 2.45) is 0 Å². The largest absolute Gasteiger partial charge is 0.497 e. The zero-order valence-corrected chi connectivity index (χ0v) is 16.9. The number of nitrogens with one attached hydrogen (secondary N) is 2. The van der Waals surface area contributed by atoms with Crippen molar-refractivity contribution >= 4 is 11.7 Å². The monoisotopic (exact) mass is 395 g/mol. The quantitative estimate of drug-likeness (QED) is 0.611. The number of ether oxygens (including phenoxy) is 1. The van der Waals surface area contributed by atoms with E-state index in [1.165, 1.54) is 10.7 Å². The fourth-order valence-electron chi connectivity index (χ4n) is 2.98. The minimum Gasteiger partial charge on any atom is -0.497 e. The van der Waals surface area contributed by atoms with Gasteiger partial charge in [0.25, 0.3) is 5.56 Å². The third-order valence-corrected chi connectivity index (χ3v) is 4.39. The van der Waals surface area contributed by atoms with E-state index < -0.39 is 0 Å². The first-order valence-corrected chi connectivity index (χ1v) is 9.58. The van der Waals surface area contributed by atoms with Crippen LogP contribution in [0.25, 0.3) is 5.95 Å². The number of aryl methyl sites for hydroxylation is 3. The smallest absolute Gasteiger partial charge is 0.252 e. The van der Waals surface area contributed by atoms with Gasteiger partial charge in [0, 0.05) is 24.2 Å². The predicted octanol–water partition coefficient (Wildman–Crippen LogP) is 2.80. The van der Waals surface area contributed by atoms with E-state index >= 15 is 0 Å². The van der Waals surface area contributed by atoms with Crippen LogP contribution in [-0.2, 0) is 17.6 Å². The Morgan fingerprint density at radius 2 is 1.97 bits per heavy atom. The van der Waals surface area contributed by atoms with E-state index in [2.05, 4.69) is 20.4 Å². The molecule has 1 aromatic carbocycles. The molecule has 3 rings (SSSR count). The molecule has 8 nitrogen and oxygen atoms in total. The molecule has 0 saturated heterocycles. The molecule has 0 unspecified atom stereocenters. The molecule has 152 valence electrons. The van der Waals surface area contributed by atoms with Crippen LogP contribution in [0.4, 0.5) is 5.82 Å². The van der Waals surface area contributed by atoms with Gasteiger partial charge in [0.1, 0.15) is 11.6 Å². The lowest BCUT2D eigenvalue weighted by Gasteiger charge is -2.09. The van der Waals surface area contributed by atoms with Gasteiger partial charge in [0.05, 0.1) is 12.8 Å². The second kappa shape index (κ2) is 9.18. The van der Waals surface area contributed by atoms with Crippen LogP contribution in [0, 0.1) is 6.92 Å². The maximum Gasteiger partial charge on any atom is 0.252 e. The summed E-state index contributed by atoms with van der Waals surface area (Å²) in [6.45, 7) is 3.84. The third kappa shape index (κ3) is 5.31. The van der Waals surface area contributed by atoms with Gasteiger partial charge in [-0.25, -0.2) is 4.98 Å². The fourth-order valence-corrected chi connectivity index (χ4v) is 2.98. The average Bonchev–Trinajstić information content (AvgIpc) is 3.06. The highest BCUT2D eigenvalue weighted by molar-refractivity contribution is 5.90. The van der Waals surface area contributed by atoms with Crippen molar-refractivity contribution in [3.8, 4) is 11.7 Å². The third-order valence-electron chi connectivity index (χ3n) is 4.39. The second-order valence-electron chi connectivity index (χ2n) is 6.79. The first-order chi connectivity index (χ1) is 14.0. The molecule has 8 heteroatoms. The molecule has 29 heavy (non-hydrogen) atoms. The van der Waals surface area contributed by atoms with Crippen LogP contribution >= 0.6 is 0 Å². The van der Waals surface area contributed by atoms with E-state index in [9.17, 15) is 9.59 Å². The number of hydrogen-bond donors (Lipinski definition) is 2. The summed E-state index contributed by atoms with van der Waals surface area (Å²) in [4.78, 5) is 31.6. The molecule has 0 aliphatic heterocycles. The highest BCUT2D eigenvalue weighted by Crippen LogP contribution is 2.16. The lowest BCUT2D eigenvalue weighted by Crippen LogP contribution is -2.19. The number of carbonyl (C=O) groups is 1. The second-order valence-corrected chi connectivity index (χ2v) is 6.79. The Hall–Kier alpha value is -3.42. The fraction of sp³-hybridized carbons (Fsp3) is 0.333. The minimum absolute atomic E-state index is 0.144. The Labute approximate surface area is 168 Å². The number of methoxy groups -OCH3 is 1. The topological polar surface area (TPSA) is 102 Å². The number of H-pyrrole nitrogens is 1. The van der Waals surface area contributed by atoms with Crippen LogP contribution in [-0.4, -0.2) is 32.8 Å². The van der Waals surface area contributed by atoms with Crippen molar-refractivity contribution in [3.05, 3.63) is 63.7 Å². The van der Waals surface area contributed by atoms with Crippen molar-refractivity contribution in [1.82, 2.24) is 19.7 Å². The number of amides is 1. The van der Waals surface area contributed by atoms with Crippen LogP contribution < -0.4 is 15.6 Å². The Morgan fingerprint density at radius 3 is 2.66 bits per heavy atom. The van der Waals surface area contributed by atoms with Crippen molar-refractivity contribution < 1.29 is 9.53 Å². The number of benzene rings is 1. The van der Waals surface area contributed by atoms with Crippen molar-refractivity contribution in [2.45, 2.75) is 39.5 Å². The van der Waals surface area contributed by atoms with E-state index in [1.807, 2.05) is 38.1 Å². The first kappa shape index (κ1) is 20.3. The van der Waals surface area contributed by atoms with Gasteiger partial charge in [-0.1, -0.05) is 25.5 Å². The number of nitrogens with zero attached hydrogens (tertiary/aromatic N) is 3. The standard InChI is InChI=1S/C21H25N5O3/c1-4-5-16-13-20(28)24-21(22-16)26-18(12-14(2)25-26)23-19(27)11-8-15-6-9-17(29-3)10-7-15/h6-7,9-10,12-13H,4-5,8,11H2,1-3H3,(H,23,27)(H,22,24,28). The lowest BCUT2D eigenvalue weighted by molar-refractivity contribution is -0.116. The van der Waals surface area contributed by atoms with E-state index in [1.54, 1.807) is 13.2 Å². The molecule has 0 atom stereocenters. The molecule has 0 aliphatic carbocycles. The zero-order chi connectivity index (χ0) is 20.8. The maximum atomic E-state index is 12.5. The van der Waals surface area contributed by atoms with Crippen LogP contribution in [0.2, 0.25) is 0 Å². The van der Waals surface area contributed by atoms with E-state index in [0.29, 0.717) is 42.4 Å². The van der Waals surface area contributed by atoms with Crippen LogP contribution in [0.5, 0.6) is 5.75 Å². The average molecular weight is 395 g/mol. The van der Waals surface area contributed by atoms with Crippen molar-refractivity contribution in [3.63, 3.8) is 0 Å². The summed E-state index contributed by atoms with van der Waals surface area (Å²) in [6.07, 6.45) is 2.49. The molecule has 1 amide bonds. The molecule has 2 N–H and O–H groups in total. The number of aromatic nitrogens is 4. The Balaban J connectivity index is 1.73. The highest BCUT2D eigenvalue weighted by atomic mass is 16.5. The molecule has 0 fully saturated rings. The molecule has 2 aromatic heterocycles. The Morgan fingerprint density at radius 1 is 1.21 bits per heavy atom. The van der Waals surface area contributed by atoms with Gasteiger partial charge in [0.2, 0.25) is 11.9 Å². The van der Waals surface area contributed by atoms with Crippen LogP contribution in [0.1, 0.15) is 36.7 Å². The van der Waals surface area contributed by atoms with Gasteiger partial charge in [-0.15, -0.1) is 0 Å². The van der Waals surface area contributed by atoms with Gasteiger partial charge < -0.3 is 10.1 Å². The SMILES string of the molecule is CCCc1cc(=O)[nH]c(-n2nc(C)cc2NC(=O)CCc2ccc(OC)cc2)n1. The number of hydrogen-bond acceptors (Lipinski definition) is 5. The van der Waals surface area contributed by atoms with Gasteiger partial charge in [-0.3, -0.25) is 14.6 Å². The molecular formula is C21H25N5O3. The van der Waals surface area contributed by atoms with Crippen LogP contribution in [0.15, 0.2) is 41.2 Å². The molecule has 0 bridgehead atoms. The Kier molecular flexibility index (Phi) is 6.43. The number of aromatic amines is 1. The molecular weight excluding hydrogens is 370 g/mol. The van der Waals surface area contributed by atoms with E-state index in [4.69, 9.17) is 4.74 Å². The minimum atomic E-state index is -0.247. The van der Waals surface area contributed by atoms with Crippen molar-refractivity contribution in [1.29, 1.82) is 0 Å². The highest BCUT2D eigenvalue weighted by Gasteiger charge is 2.13. The summed E-state index contributed by atoms with van der Waals surface area (Å²) >= 11 is 0. The zero-order valence-electron chi connectivity index (χ0n) is 16.9. The Bertz CT molecular complexity index is 1040. The van der Waals surface area contributed by atoms with Gasteiger partial charge in [-0.2, -0.15) is 9.78 Å². The summed E-state index contributed by atoms with van der Waals surface area (Å²) in [6, 6.07) is 10.9. The van der Waals surface area contributed by atoms with Crippen LogP contribution in [0.3, 0.4) is 0 Å².